The summed E-state index contributed by atoms with van der Waals surface area (Å²) in [6.07, 6.45) is 1.09. The van der Waals surface area contributed by atoms with E-state index in [1.54, 1.807) is 0 Å². The Kier molecular flexibility index (Phi) is 5.03. The second-order valence-corrected chi connectivity index (χ2v) is 3.87. The van der Waals surface area contributed by atoms with E-state index in [4.69, 9.17) is 11.5 Å². The number of unbranched alkanes of at least 4 members (excludes halogenated alkanes) is 1. The molecule has 0 aliphatic carbocycles. The van der Waals surface area contributed by atoms with Gasteiger partial charge in [0.1, 0.15) is 0 Å². The SMILES string of the molecule is NCCCC[C@H](N)c1c(F)c(F)c(F)c(F)c1F. The summed E-state index contributed by atoms with van der Waals surface area (Å²) in [4.78, 5) is 0. The third-order valence-corrected chi connectivity index (χ3v) is 2.58. The van der Waals surface area contributed by atoms with E-state index >= 15 is 0 Å². The van der Waals surface area contributed by atoms with E-state index in [2.05, 4.69) is 0 Å². The molecule has 4 N–H and O–H groups in total. The van der Waals surface area contributed by atoms with E-state index in [1.165, 1.54) is 0 Å². The van der Waals surface area contributed by atoms with Gasteiger partial charge in [-0.25, -0.2) is 22.0 Å². The maximum absolute atomic E-state index is 13.3. The maximum Gasteiger partial charge on any atom is 0.200 e. The number of nitrogens with two attached hydrogens (primary N) is 2. The van der Waals surface area contributed by atoms with Gasteiger partial charge in [0.15, 0.2) is 23.3 Å². The molecule has 0 aliphatic rings. The maximum atomic E-state index is 13.3. The molecule has 0 aliphatic heterocycles. The van der Waals surface area contributed by atoms with Crippen molar-refractivity contribution in [2.45, 2.75) is 25.3 Å². The van der Waals surface area contributed by atoms with Crippen molar-refractivity contribution >= 4 is 0 Å². The number of benzene rings is 1. The van der Waals surface area contributed by atoms with Crippen LogP contribution in [0, 0.1) is 29.1 Å². The van der Waals surface area contributed by atoms with Crippen molar-refractivity contribution in [3.05, 3.63) is 34.6 Å². The number of rotatable bonds is 5. The predicted octanol–water partition coefficient (Wildman–Crippen LogP) is 2.51. The molecule has 0 aromatic heterocycles. The molecule has 0 radical (unpaired) electrons. The summed E-state index contributed by atoms with van der Waals surface area (Å²) in [5, 5.41) is 0. The Balaban J connectivity index is 3.08. The highest BCUT2D eigenvalue weighted by Crippen LogP contribution is 2.28. The first-order chi connectivity index (χ1) is 8.41. The highest BCUT2D eigenvalue weighted by molar-refractivity contribution is 5.26. The van der Waals surface area contributed by atoms with E-state index in [0.717, 1.165) is 0 Å². The summed E-state index contributed by atoms with van der Waals surface area (Å²) >= 11 is 0. The van der Waals surface area contributed by atoms with Crippen molar-refractivity contribution in [1.82, 2.24) is 0 Å². The summed E-state index contributed by atoms with van der Waals surface area (Å²) in [6.45, 7) is 0.365. The first-order valence-electron chi connectivity index (χ1n) is 5.38. The monoisotopic (exact) mass is 268 g/mol. The van der Waals surface area contributed by atoms with Crippen LogP contribution in [0.3, 0.4) is 0 Å². The molecule has 2 nitrogen and oxygen atoms in total. The minimum absolute atomic E-state index is 0.0928. The zero-order valence-corrected chi connectivity index (χ0v) is 9.45. The lowest BCUT2D eigenvalue weighted by molar-refractivity contribution is 0.361. The van der Waals surface area contributed by atoms with Gasteiger partial charge in [-0.15, -0.1) is 0 Å². The van der Waals surface area contributed by atoms with Gasteiger partial charge >= 0.3 is 0 Å². The number of halogens is 5. The van der Waals surface area contributed by atoms with Crippen molar-refractivity contribution in [1.29, 1.82) is 0 Å². The van der Waals surface area contributed by atoms with Crippen LogP contribution in [0.4, 0.5) is 22.0 Å². The van der Waals surface area contributed by atoms with Crippen LogP contribution < -0.4 is 11.5 Å². The largest absolute Gasteiger partial charge is 0.330 e. The molecule has 0 bridgehead atoms. The normalized spacial score (nSPS) is 12.8. The van der Waals surface area contributed by atoms with E-state index < -0.39 is 40.7 Å². The van der Waals surface area contributed by atoms with E-state index in [1.807, 2.05) is 0 Å². The molecule has 1 aromatic carbocycles. The minimum atomic E-state index is -2.18. The molecule has 0 amide bonds. The lowest BCUT2D eigenvalue weighted by atomic mass is 10.00. The molecule has 0 fully saturated rings. The molecule has 0 saturated carbocycles. The van der Waals surface area contributed by atoms with Gasteiger partial charge < -0.3 is 11.5 Å². The smallest absolute Gasteiger partial charge is 0.200 e. The second-order valence-electron chi connectivity index (χ2n) is 3.87. The van der Waals surface area contributed by atoms with Crippen LogP contribution in [-0.2, 0) is 0 Å². The summed E-state index contributed by atoms with van der Waals surface area (Å²) in [5.74, 6) is -9.86. The van der Waals surface area contributed by atoms with Gasteiger partial charge in [0, 0.05) is 11.6 Å². The van der Waals surface area contributed by atoms with Crippen LogP contribution in [0.25, 0.3) is 0 Å². The average Bonchev–Trinajstić information content (AvgIpc) is 2.34. The molecule has 1 rings (SSSR count). The predicted molar refractivity (Wildman–Crippen MR) is 56.1 cm³/mol. The Morgan fingerprint density at radius 2 is 1.22 bits per heavy atom. The molecule has 0 saturated heterocycles. The van der Waals surface area contributed by atoms with Crippen LogP contribution in [0.15, 0.2) is 0 Å². The van der Waals surface area contributed by atoms with E-state index in [-0.39, 0.29) is 6.42 Å². The van der Waals surface area contributed by atoms with Crippen molar-refractivity contribution in [3.63, 3.8) is 0 Å². The minimum Gasteiger partial charge on any atom is -0.330 e. The van der Waals surface area contributed by atoms with Gasteiger partial charge in [-0.2, -0.15) is 0 Å². The Bertz CT molecular complexity index is 407. The zero-order chi connectivity index (χ0) is 13.9. The van der Waals surface area contributed by atoms with Gasteiger partial charge in [0.05, 0.1) is 0 Å². The van der Waals surface area contributed by atoms with Gasteiger partial charge in [0.25, 0.3) is 0 Å². The average molecular weight is 268 g/mol. The molecular formula is C11H13F5N2. The topological polar surface area (TPSA) is 52.0 Å². The first-order valence-corrected chi connectivity index (χ1v) is 5.38. The highest BCUT2D eigenvalue weighted by Gasteiger charge is 2.28. The van der Waals surface area contributed by atoms with Crippen LogP contribution in [0.1, 0.15) is 30.9 Å². The fraction of sp³-hybridized carbons (Fsp3) is 0.455. The Morgan fingerprint density at radius 3 is 1.67 bits per heavy atom. The molecule has 7 heteroatoms. The standard InChI is InChI=1S/C11H13F5N2/c12-7-6(5(18)3-1-2-4-17)8(13)10(15)11(16)9(7)14/h5H,1-4,17-18H2/t5-/m0/s1. The van der Waals surface area contributed by atoms with Gasteiger partial charge in [-0.1, -0.05) is 6.42 Å². The zero-order valence-electron chi connectivity index (χ0n) is 9.45. The van der Waals surface area contributed by atoms with Crippen LogP contribution in [0.2, 0.25) is 0 Å². The summed E-state index contributed by atoms with van der Waals surface area (Å²) < 4.78 is 65.3. The summed E-state index contributed by atoms with van der Waals surface area (Å²) in [6, 6.07) is -1.25. The van der Waals surface area contributed by atoms with Crippen molar-refractivity contribution in [2.24, 2.45) is 11.5 Å². The van der Waals surface area contributed by atoms with Gasteiger partial charge in [-0.3, -0.25) is 0 Å². The van der Waals surface area contributed by atoms with Crippen molar-refractivity contribution < 1.29 is 22.0 Å². The molecule has 1 aromatic rings. The summed E-state index contributed by atoms with van der Waals surface area (Å²) in [5.41, 5.74) is 9.70. The van der Waals surface area contributed by atoms with Gasteiger partial charge in [0.2, 0.25) is 5.82 Å². The van der Waals surface area contributed by atoms with Crippen molar-refractivity contribution in [3.8, 4) is 0 Å². The number of hydrogen-bond donors (Lipinski definition) is 2. The third-order valence-electron chi connectivity index (χ3n) is 2.58. The van der Waals surface area contributed by atoms with Crippen LogP contribution in [-0.4, -0.2) is 6.54 Å². The van der Waals surface area contributed by atoms with Crippen LogP contribution in [0.5, 0.6) is 0 Å². The Hall–Kier alpha value is -1.21. The Morgan fingerprint density at radius 1 is 0.778 bits per heavy atom. The third kappa shape index (κ3) is 2.78. The lowest BCUT2D eigenvalue weighted by Crippen LogP contribution is -2.18. The lowest BCUT2D eigenvalue weighted by Gasteiger charge is -2.15. The van der Waals surface area contributed by atoms with E-state index in [0.29, 0.717) is 19.4 Å². The first kappa shape index (κ1) is 14.8. The summed E-state index contributed by atoms with van der Waals surface area (Å²) in [7, 11) is 0. The molecule has 0 spiro atoms. The fourth-order valence-electron chi connectivity index (χ4n) is 1.60. The Labute approximate surface area is 101 Å². The molecule has 0 unspecified atom stereocenters. The van der Waals surface area contributed by atoms with Gasteiger partial charge in [-0.05, 0) is 19.4 Å². The molecule has 18 heavy (non-hydrogen) atoms. The fourth-order valence-corrected chi connectivity index (χ4v) is 1.60. The molecule has 0 heterocycles. The quantitative estimate of drug-likeness (QED) is 0.373. The van der Waals surface area contributed by atoms with Crippen molar-refractivity contribution in [2.75, 3.05) is 6.54 Å². The van der Waals surface area contributed by atoms with Crippen LogP contribution >= 0.6 is 0 Å². The highest BCUT2D eigenvalue weighted by atomic mass is 19.2. The second kappa shape index (κ2) is 6.10. The molecule has 1 atom stereocenters. The number of hydrogen-bond acceptors (Lipinski definition) is 2. The van der Waals surface area contributed by atoms with E-state index in [9.17, 15) is 22.0 Å². The molecular weight excluding hydrogens is 255 g/mol. The molecule has 102 valence electrons.